The van der Waals surface area contributed by atoms with E-state index in [0.717, 1.165) is 11.3 Å². The van der Waals surface area contributed by atoms with E-state index >= 15 is 0 Å². The van der Waals surface area contributed by atoms with Crippen molar-refractivity contribution in [3.63, 3.8) is 0 Å². The lowest BCUT2D eigenvalue weighted by Crippen LogP contribution is -2.52. The summed E-state index contributed by atoms with van der Waals surface area (Å²) >= 11 is 0. The van der Waals surface area contributed by atoms with Crippen LogP contribution in [-0.4, -0.2) is 80.4 Å². The number of piperazine rings is 1. The van der Waals surface area contributed by atoms with E-state index in [1.165, 1.54) is 0 Å². The van der Waals surface area contributed by atoms with Gasteiger partial charge in [-0.2, -0.15) is 5.10 Å². The highest BCUT2D eigenvalue weighted by atomic mass is 16.6. The quantitative estimate of drug-likeness (QED) is 0.521. The first kappa shape index (κ1) is 26.2. The average Bonchev–Trinajstić information content (AvgIpc) is 3.27. The van der Waals surface area contributed by atoms with Crippen LogP contribution in [0.3, 0.4) is 0 Å². The van der Waals surface area contributed by atoms with Crippen LogP contribution in [0.4, 0.5) is 4.79 Å². The van der Waals surface area contributed by atoms with Crippen LogP contribution in [0.25, 0.3) is 11.0 Å². The molecule has 3 heterocycles. The summed E-state index contributed by atoms with van der Waals surface area (Å²) in [5.41, 5.74) is 1.59. The van der Waals surface area contributed by atoms with Crippen LogP contribution in [0.5, 0.6) is 5.75 Å². The van der Waals surface area contributed by atoms with Gasteiger partial charge in [0.15, 0.2) is 12.1 Å². The van der Waals surface area contributed by atoms with Crippen LogP contribution in [0, 0.1) is 0 Å². The van der Waals surface area contributed by atoms with Gasteiger partial charge in [-0.1, -0.05) is 32.0 Å². The Morgan fingerprint density at radius 1 is 1.05 bits per heavy atom. The molecule has 198 valence electrons. The van der Waals surface area contributed by atoms with Crippen molar-refractivity contribution in [3.05, 3.63) is 51.7 Å². The summed E-state index contributed by atoms with van der Waals surface area (Å²) in [6.45, 7) is 11.0. The van der Waals surface area contributed by atoms with Gasteiger partial charge >= 0.3 is 6.09 Å². The van der Waals surface area contributed by atoms with Crippen LogP contribution >= 0.6 is 0 Å². The van der Waals surface area contributed by atoms with Crippen molar-refractivity contribution in [1.82, 2.24) is 30.0 Å². The molecular formula is C26H34N6O5. The second-order valence-corrected chi connectivity index (χ2v) is 10.4. The first-order valence-corrected chi connectivity index (χ1v) is 12.5. The molecule has 0 atom stereocenters. The maximum Gasteiger partial charge on any atom is 0.410 e. The number of H-pyrrole nitrogens is 2. The molecule has 0 bridgehead atoms. The molecule has 2 N–H and O–H groups in total. The Morgan fingerprint density at radius 2 is 1.73 bits per heavy atom. The van der Waals surface area contributed by atoms with E-state index in [9.17, 15) is 14.4 Å². The Kier molecular flexibility index (Phi) is 7.51. The van der Waals surface area contributed by atoms with Crippen LogP contribution in [0.15, 0.2) is 29.1 Å². The largest absolute Gasteiger partial charge is 0.483 e. The number of aromatic nitrogens is 4. The molecule has 0 unspecified atom stereocenters. The fourth-order valence-corrected chi connectivity index (χ4v) is 4.13. The molecule has 2 aromatic heterocycles. The van der Waals surface area contributed by atoms with E-state index in [4.69, 9.17) is 9.47 Å². The number of benzene rings is 1. The zero-order valence-corrected chi connectivity index (χ0v) is 22.0. The Labute approximate surface area is 215 Å². The standard InChI is InChI=1S/C26H34N6O5/c1-16(2)21-22-23(30-29-21)24(34)28-19(27-22)14-17-8-6-7-9-18(17)36-15-20(33)31-10-12-32(13-11-31)25(35)37-26(3,4)5/h6-9,16H,10-15H2,1-5H3,(H,29,30)(H,27,28,34). The van der Waals surface area contributed by atoms with Crippen molar-refractivity contribution < 1.29 is 19.1 Å². The minimum absolute atomic E-state index is 0.133. The minimum atomic E-state index is -0.561. The highest BCUT2D eigenvalue weighted by molar-refractivity contribution is 5.78. The molecule has 1 fully saturated rings. The molecule has 11 nitrogen and oxygen atoms in total. The summed E-state index contributed by atoms with van der Waals surface area (Å²) in [4.78, 5) is 48.3. The summed E-state index contributed by atoms with van der Waals surface area (Å²) in [5, 5.41) is 7.01. The predicted molar refractivity (Wildman–Crippen MR) is 138 cm³/mol. The molecular weight excluding hydrogens is 476 g/mol. The predicted octanol–water partition coefficient (Wildman–Crippen LogP) is 2.82. The average molecular weight is 511 g/mol. The van der Waals surface area contributed by atoms with Crippen molar-refractivity contribution in [2.75, 3.05) is 32.8 Å². The maximum absolute atomic E-state index is 12.8. The van der Waals surface area contributed by atoms with E-state index in [2.05, 4.69) is 20.2 Å². The fraction of sp³-hybridized carbons (Fsp3) is 0.500. The van der Waals surface area contributed by atoms with Gasteiger partial charge in [-0.05, 0) is 32.8 Å². The Morgan fingerprint density at radius 3 is 2.41 bits per heavy atom. The number of hydrogen-bond acceptors (Lipinski definition) is 7. The summed E-state index contributed by atoms with van der Waals surface area (Å²) in [7, 11) is 0. The van der Waals surface area contributed by atoms with E-state index in [-0.39, 0.29) is 35.6 Å². The Balaban J connectivity index is 1.38. The number of aromatic amines is 2. The first-order valence-electron chi connectivity index (χ1n) is 12.5. The second kappa shape index (κ2) is 10.6. The first-order chi connectivity index (χ1) is 17.5. The second-order valence-electron chi connectivity index (χ2n) is 10.4. The number of fused-ring (bicyclic) bond motifs is 1. The summed E-state index contributed by atoms with van der Waals surface area (Å²) in [6, 6.07) is 7.36. The molecule has 4 rings (SSSR count). The van der Waals surface area contributed by atoms with Gasteiger partial charge in [0.2, 0.25) is 0 Å². The zero-order chi connectivity index (χ0) is 26.7. The van der Waals surface area contributed by atoms with E-state index in [0.29, 0.717) is 49.7 Å². The number of nitrogens with zero attached hydrogens (tertiary/aromatic N) is 4. The molecule has 1 aliphatic rings. The molecule has 1 aromatic carbocycles. The number of carbonyl (C=O) groups excluding carboxylic acids is 2. The molecule has 0 radical (unpaired) electrons. The molecule has 37 heavy (non-hydrogen) atoms. The number of hydrogen-bond donors (Lipinski definition) is 2. The monoisotopic (exact) mass is 510 g/mol. The third-order valence-electron chi connectivity index (χ3n) is 6.03. The molecule has 1 saturated heterocycles. The number of rotatable bonds is 6. The number of carbonyl (C=O) groups is 2. The van der Waals surface area contributed by atoms with E-state index in [1.54, 1.807) is 15.9 Å². The lowest BCUT2D eigenvalue weighted by molar-refractivity contribution is -0.135. The third-order valence-corrected chi connectivity index (χ3v) is 6.03. The van der Waals surface area contributed by atoms with Gasteiger partial charge in [0.25, 0.3) is 11.5 Å². The molecule has 0 aliphatic carbocycles. The topological polar surface area (TPSA) is 134 Å². The van der Waals surface area contributed by atoms with Crippen molar-refractivity contribution in [3.8, 4) is 5.75 Å². The lowest BCUT2D eigenvalue weighted by atomic mass is 10.1. The highest BCUT2D eigenvalue weighted by Crippen LogP contribution is 2.23. The van der Waals surface area contributed by atoms with E-state index < -0.39 is 5.60 Å². The van der Waals surface area contributed by atoms with Crippen LogP contribution in [-0.2, 0) is 16.0 Å². The van der Waals surface area contributed by atoms with Gasteiger partial charge in [-0.3, -0.25) is 14.7 Å². The van der Waals surface area contributed by atoms with Crippen molar-refractivity contribution >= 4 is 23.0 Å². The zero-order valence-electron chi connectivity index (χ0n) is 22.0. The van der Waals surface area contributed by atoms with Gasteiger partial charge in [0.05, 0.1) is 5.69 Å². The van der Waals surface area contributed by atoms with Gasteiger partial charge in [-0.15, -0.1) is 0 Å². The van der Waals surface area contributed by atoms with Gasteiger partial charge in [0.1, 0.15) is 22.7 Å². The van der Waals surface area contributed by atoms with E-state index in [1.807, 2.05) is 52.8 Å². The number of ether oxygens (including phenoxy) is 2. The SMILES string of the molecule is CC(C)c1[nH]nc2c(=O)[nH]c(Cc3ccccc3OCC(=O)N3CCN(C(=O)OC(C)(C)C)CC3)nc12. The molecule has 2 amide bonds. The lowest BCUT2D eigenvalue weighted by Gasteiger charge is -2.35. The molecule has 1 aliphatic heterocycles. The molecule has 3 aromatic rings. The smallest absolute Gasteiger partial charge is 0.410 e. The Hall–Kier alpha value is -3.89. The Bertz CT molecular complexity index is 1330. The molecule has 0 spiro atoms. The van der Waals surface area contributed by atoms with Crippen molar-refractivity contribution in [1.29, 1.82) is 0 Å². The highest BCUT2D eigenvalue weighted by Gasteiger charge is 2.28. The number of para-hydroxylation sites is 1. The maximum atomic E-state index is 12.8. The van der Waals surface area contributed by atoms with Crippen LogP contribution in [0.2, 0.25) is 0 Å². The van der Waals surface area contributed by atoms with Gasteiger partial charge < -0.3 is 24.3 Å². The third kappa shape index (κ3) is 6.28. The fourth-order valence-electron chi connectivity index (χ4n) is 4.13. The number of amides is 2. The normalized spacial score (nSPS) is 14.3. The van der Waals surface area contributed by atoms with Crippen molar-refractivity contribution in [2.45, 2.75) is 52.6 Å². The number of nitrogens with one attached hydrogen (secondary N) is 2. The molecule has 0 saturated carbocycles. The summed E-state index contributed by atoms with van der Waals surface area (Å²) in [6.07, 6.45) is -0.0436. The summed E-state index contributed by atoms with van der Waals surface area (Å²) in [5.74, 6) is 1.01. The summed E-state index contributed by atoms with van der Waals surface area (Å²) < 4.78 is 11.3. The minimum Gasteiger partial charge on any atom is -0.483 e. The van der Waals surface area contributed by atoms with Crippen LogP contribution in [0.1, 0.15) is 57.6 Å². The molecule has 11 heteroatoms. The van der Waals surface area contributed by atoms with Crippen molar-refractivity contribution in [2.24, 2.45) is 0 Å². The van der Waals surface area contributed by atoms with Gasteiger partial charge in [0, 0.05) is 38.2 Å². The van der Waals surface area contributed by atoms with Crippen LogP contribution < -0.4 is 10.3 Å². The van der Waals surface area contributed by atoms with Gasteiger partial charge in [-0.25, -0.2) is 9.78 Å².